The van der Waals surface area contributed by atoms with Crippen LogP contribution < -0.4 is 9.64 Å². The van der Waals surface area contributed by atoms with Gasteiger partial charge in [-0.05, 0) is 43.9 Å². The number of anilines is 1. The molecule has 1 aliphatic carbocycles. The number of aromatic nitrogens is 3. The molecule has 0 spiro atoms. The summed E-state index contributed by atoms with van der Waals surface area (Å²) in [5.41, 5.74) is 0. The zero-order valence-electron chi connectivity index (χ0n) is 12.6. The minimum atomic E-state index is 0.192. The van der Waals surface area contributed by atoms with Crippen molar-refractivity contribution in [2.24, 2.45) is 0 Å². The fourth-order valence-electron chi connectivity index (χ4n) is 2.93. The van der Waals surface area contributed by atoms with E-state index in [0.29, 0.717) is 5.92 Å². The highest BCUT2D eigenvalue weighted by molar-refractivity contribution is 5.39. The normalized spacial score (nSPS) is 21.6. The molecule has 2 aromatic rings. The maximum atomic E-state index is 6.05. The van der Waals surface area contributed by atoms with Crippen molar-refractivity contribution < 1.29 is 4.74 Å². The standard InChI is InChI=1S/C17H20N4O/c1-3-14(11-18-8-1)22-15-4-2-10-21(12-15)16-7-9-19-17(20-16)13-5-6-13/h1,3,7-9,11,13,15H,2,4-6,10,12H2. The van der Waals surface area contributed by atoms with Gasteiger partial charge in [-0.3, -0.25) is 4.98 Å². The first kappa shape index (κ1) is 13.5. The second kappa shape index (κ2) is 5.91. The Morgan fingerprint density at radius 1 is 1.14 bits per heavy atom. The van der Waals surface area contributed by atoms with Crippen molar-refractivity contribution in [2.45, 2.75) is 37.7 Å². The molecule has 1 aliphatic heterocycles. The van der Waals surface area contributed by atoms with Crippen molar-refractivity contribution in [3.63, 3.8) is 0 Å². The third-order valence-corrected chi connectivity index (χ3v) is 4.24. The molecule has 22 heavy (non-hydrogen) atoms. The number of pyridine rings is 1. The van der Waals surface area contributed by atoms with E-state index in [1.165, 1.54) is 12.8 Å². The van der Waals surface area contributed by atoms with E-state index in [4.69, 9.17) is 9.72 Å². The van der Waals surface area contributed by atoms with Crippen LogP contribution in [-0.2, 0) is 0 Å². The van der Waals surface area contributed by atoms with E-state index in [-0.39, 0.29) is 6.10 Å². The number of hydrogen-bond acceptors (Lipinski definition) is 5. The van der Waals surface area contributed by atoms with E-state index < -0.39 is 0 Å². The summed E-state index contributed by atoms with van der Waals surface area (Å²) < 4.78 is 6.05. The summed E-state index contributed by atoms with van der Waals surface area (Å²) in [6.45, 7) is 1.91. The van der Waals surface area contributed by atoms with Gasteiger partial charge in [0.1, 0.15) is 23.5 Å². The molecule has 0 N–H and O–H groups in total. The Labute approximate surface area is 130 Å². The third kappa shape index (κ3) is 3.03. The van der Waals surface area contributed by atoms with Gasteiger partial charge in [0.2, 0.25) is 0 Å². The Bertz CT molecular complexity index is 630. The number of ether oxygens (including phenoxy) is 1. The summed E-state index contributed by atoms with van der Waals surface area (Å²) in [6, 6.07) is 5.88. The molecule has 114 valence electrons. The van der Waals surface area contributed by atoms with E-state index in [0.717, 1.165) is 43.3 Å². The van der Waals surface area contributed by atoms with Crippen molar-refractivity contribution in [1.29, 1.82) is 0 Å². The smallest absolute Gasteiger partial charge is 0.138 e. The molecule has 2 fully saturated rings. The lowest BCUT2D eigenvalue weighted by molar-refractivity contribution is 0.178. The van der Waals surface area contributed by atoms with E-state index in [2.05, 4.69) is 14.9 Å². The molecule has 4 rings (SSSR count). The van der Waals surface area contributed by atoms with Gasteiger partial charge < -0.3 is 9.64 Å². The number of piperidine rings is 1. The second-order valence-corrected chi connectivity index (χ2v) is 6.06. The second-order valence-electron chi connectivity index (χ2n) is 6.06. The Morgan fingerprint density at radius 3 is 2.91 bits per heavy atom. The van der Waals surface area contributed by atoms with Crippen molar-refractivity contribution in [3.05, 3.63) is 42.6 Å². The summed E-state index contributed by atoms with van der Waals surface area (Å²) in [5, 5.41) is 0. The predicted octanol–water partition coefficient (Wildman–Crippen LogP) is 2.80. The first-order valence-corrected chi connectivity index (χ1v) is 8.03. The zero-order chi connectivity index (χ0) is 14.8. The van der Waals surface area contributed by atoms with Gasteiger partial charge in [-0.2, -0.15) is 0 Å². The lowest BCUT2D eigenvalue weighted by Gasteiger charge is -2.33. The minimum absolute atomic E-state index is 0.192. The molecule has 1 saturated carbocycles. The van der Waals surface area contributed by atoms with Crippen molar-refractivity contribution in [2.75, 3.05) is 18.0 Å². The summed E-state index contributed by atoms with van der Waals surface area (Å²) in [4.78, 5) is 15.6. The number of rotatable bonds is 4. The van der Waals surface area contributed by atoms with Crippen LogP contribution in [0.2, 0.25) is 0 Å². The molecule has 5 heteroatoms. The van der Waals surface area contributed by atoms with Gasteiger partial charge in [0, 0.05) is 24.9 Å². The SMILES string of the molecule is c1cncc(OC2CCCN(c3ccnc(C4CC4)n3)C2)c1. The highest BCUT2D eigenvalue weighted by Gasteiger charge is 2.28. The minimum Gasteiger partial charge on any atom is -0.487 e. The van der Waals surface area contributed by atoms with Gasteiger partial charge in [-0.15, -0.1) is 0 Å². The largest absolute Gasteiger partial charge is 0.487 e. The Kier molecular flexibility index (Phi) is 3.62. The van der Waals surface area contributed by atoms with E-state index >= 15 is 0 Å². The van der Waals surface area contributed by atoms with Crippen molar-refractivity contribution in [3.8, 4) is 5.75 Å². The van der Waals surface area contributed by atoms with Crippen LogP contribution >= 0.6 is 0 Å². The Hall–Kier alpha value is -2.17. The fraction of sp³-hybridized carbons (Fsp3) is 0.471. The third-order valence-electron chi connectivity index (χ3n) is 4.24. The molecule has 0 bridgehead atoms. The number of hydrogen-bond donors (Lipinski definition) is 0. The molecule has 5 nitrogen and oxygen atoms in total. The first-order valence-electron chi connectivity index (χ1n) is 8.03. The van der Waals surface area contributed by atoms with Crippen LogP contribution in [0.5, 0.6) is 5.75 Å². The molecule has 1 atom stereocenters. The summed E-state index contributed by atoms with van der Waals surface area (Å²) in [7, 11) is 0. The van der Waals surface area contributed by atoms with Crippen molar-refractivity contribution >= 4 is 5.82 Å². The topological polar surface area (TPSA) is 51.1 Å². The van der Waals surface area contributed by atoms with Crippen LogP contribution in [0.15, 0.2) is 36.8 Å². The molecule has 1 saturated heterocycles. The van der Waals surface area contributed by atoms with Crippen LogP contribution in [0.1, 0.15) is 37.4 Å². The van der Waals surface area contributed by atoms with Crippen LogP contribution in [0.25, 0.3) is 0 Å². The van der Waals surface area contributed by atoms with Crippen LogP contribution in [-0.4, -0.2) is 34.1 Å². The molecule has 0 radical (unpaired) electrons. The Balaban J connectivity index is 1.45. The molecule has 2 aliphatic rings. The maximum Gasteiger partial charge on any atom is 0.138 e. The molecule has 3 heterocycles. The fourth-order valence-corrected chi connectivity index (χ4v) is 2.93. The molecule has 0 aromatic carbocycles. The average molecular weight is 296 g/mol. The zero-order valence-corrected chi connectivity index (χ0v) is 12.6. The lowest BCUT2D eigenvalue weighted by Crippen LogP contribution is -2.41. The van der Waals surface area contributed by atoms with Crippen LogP contribution in [0.3, 0.4) is 0 Å². The van der Waals surface area contributed by atoms with Crippen LogP contribution in [0, 0.1) is 0 Å². The Morgan fingerprint density at radius 2 is 2.09 bits per heavy atom. The quantitative estimate of drug-likeness (QED) is 0.868. The molecular weight excluding hydrogens is 276 g/mol. The van der Waals surface area contributed by atoms with Gasteiger partial charge >= 0.3 is 0 Å². The first-order chi connectivity index (χ1) is 10.9. The van der Waals surface area contributed by atoms with Gasteiger partial charge in [0.15, 0.2) is 0 Å². The van der Waals surface area contributed by atoms with Crippen molar-refractivity contribution in [1.82, 2.24) is 15.0 Å². The summed E-state index contributed by atoms with van der Waals surface area (Å²) in [6.07, 6.45) is 10.3. The van der Waals surface area contributed by atoms with Gasteiger partial charge in [-0.1, -0.05) is 0 Å². The monoisotopic (exact) mass is 296 g/mol. The van der Waals surface area contributed by atoms with E-state index in [1.54, 1.807) is 12.4 Å². The summed E-state index contributed by atoms with van der Waals surface area (Å²) >= 11 is 0. The molecule has 0 amide bonds. The highest BCUT2D eigenvalue weighted by Crippen LogP contribution is 2.38. The van der Waals surface area contributed by atoms with E-state index in [9.17, 15) is 0 Å². The molecule has 1 unspecified atom stereocenters. The molecule has 2 aromatic heterocycles. The average Bonchev–Trinajstić information content (AvgIpc) is 3.41. The van der Waals surface area contributed by atoms with Gasteiger partial charge in [0.25, 0.3) is 0 Å². The maximum absolute atomic E-state index is 6.05. The van der Waals surface area contributed by atoms with E-state index in [1.807, 2.05) is 24.4 Å². The van der Waals surface area contributed by atoms with Gasteiger partial charge in [-0.25, -0.2) is 9.97 Å². The lowest BCUT2D eigenvalue weighted by atomic mass is 10.1. The number of nitrogens with zero attached hydrogens (tertiary/aromatic N) is 4. The summed E-state index contributed by atoms with van der Waals surface area (Å²) in [5.74, 6) is 3.48. The predicted molar refractivity (Wildman–Crippen MR) is 84.1 cm³/mol. The molecular formula is C17H20N4O. The van der Waals surface area contributed by atoms with Gasteiger partial charge in [0.05, 0.1) is 12.7 Å². The highest BCUT2D eigenvalue weighted by atomic mass is 16.5. The van der Waals surface area contributed by atoms with Crippen LogP contribution in [0.4, 0.5) is 5.82 Å².